The van der Waals surface area contributed by atoms with Crippen molar-refractivity contribution in [2.45, 2.75) is 20.1 Å². The first kappa shape index (κ1) is 17.5. The van der Waals surface area contributed by atoms with Gasteiger partial charge in [-0.25, -0.2) is 0 Å². The summed E-state index contributed by atoms with van der Waals surface area (Å²) < 4.78 is 5.96. The molecule has 0 fully saturated rings. The number of benzene rings is 3. The van der Waals surface area contributed by atoms with Gasteiger partial charge in [0.25, 0.3) is 5.91 Å². The van der Waals surface area contributed by atoms with Gasteiger partial charge in [0.2, 0.25) is 0 Å². The third-order valence-corrected chi connectivity index (χ3v) is 4.07. The van der Waals surface area contributed by atoms with Gasteiger partial charge in [-0.2, -0.15) is 0 Å². The van der Waals surface area contributed by atoms with Crippen LogP contribution < -0.4 is 15.8 Å². The quantitative estimate of drug-likeness (QED) is 0.661. The minimum Gasteiger partial charge on any atom is -0.489 e. The molecule has 3 N–H and O–H groups in total. The lowest BCUT2D eigenvalue weighted by Crippen LogP contribution is -2.23. The Hall–Kier alpha value is -3.27. The Morgan fingerprint density at radius 1 is 1.00 bits per heavy atom. The van der Waals surface area contributed by atoms with Crippen LogP contribution in [0, 0.1) is 6.92 Å². The summed E-state index contributed by atoms with van der Waals surface area (Å²) in [6.45, 7) is 2.91. The van der Waals surface area contributed by atoms with Crippen LogP contribution in [0.3, 0.4) is 0 Å². The fraction of sp³-hybridized carbons (Fsp3) is 0.136. The lowest BCUT2D eigenvalue weighted by Gasteiger charge is -2.13. The first-order chi connectivity index (χ1) is 12.6. The molecule has 1 amide bonds. The Balaban J connectivity index is 1.67. The molecule has 3 aromatic carbocycles. The van der Waals surface area contributed by atoms with Crippen molar-refractivity contribution in [1.82, 2.24) is 5.32 Å². The Morgan fingerprint density at radius 2 is 1.73 bits per heavy atom. The predicted octanol–water partition coefficient (Wildman–Crippen LogP) is 4.09. The summed E-state index contributed by atoms with van der Waals surface area (Å²) in [6, 6.07) is 22.9. The van der Waals surface area contributed by atoms with Crippen molar-refractivity contribution in [2.75, 3.05) is 5.73 Å². The minimum absolute atomic E-state index is 0.138. The van der Waals surface area contributed by atoms with Gasteiger partial charge in [-0.05, 0) is 42.8 Å². The molecule has 26 heavy (non-hydrogen) atoms. The zero-order valence-corrected chi connectivity index (χ0v) is 14.7. The first-order valence-electron chi connectivity index (χ1n) is 8.52. The highest BCUT2D eigenvalue weighted by molar-refractivity contribution is 5.94. The molecule has 0 atom stereocenters. The van der Waals surface area contributed by atoms with Crippen molar-refractivity contribution in [3.63, 3.8) is 0 Å². The maximum atomic E-state index is 12.3. The summed E-state index contributed by atoms with van der Waals surface area (Å²) in [5.41, 5.74) is 10.0. The van der Waals surface area contributed by atoms with E-state index in [2.05, 4.69) is 5.32 Å². The van der Waals surface area contributed by atoms with E-state index in [9.17, 15) is 4.79 Å². The fourth-order valence-electron chi connectivity index (χ4n) is 2.63. The Labute approximate surface area is 153 Å². The second-order valence-corrected chi connectivity index (χ2v) is 6.19. The van der Waals surface area contributed by atoms with Gasteiger partial charge in [-0.3, -0.25) is 4.79 Å². The van der Waals surface area contributed by atoms with E-state index in [1.807, 2.05) is 55.5 Å². The number of carbonyl (C=O) groups is 1. The van der Waals surface area contributed by atoms with E-state index in [1.165, 1.54) is 0 Å². The van der Waals surface area contributed by atoms with Crippen LogP contribution in [-0.2, 0) is 13.2 Å². The molecule has 0 aliphatic rings. The highest BCUT2D eigenvalue weighted by Crippen LogP contribution is 2.21. The van der Waals surface area contributed by atoms with E-state index in [0.717, 1.165) is 22.4 Å². The molecule has 0 unspecified atom stereocenters. The highest BCUT2D eigenvalue weighted by Gasteiger charge is 2.09. The van der Waals surface area contributed by atoms with Crippen LogP contribution in [0.2, 0.25) is 0 Å². The average Bonchev–Trinajstić information content (AvgIpc) is 2.66. The number of carbonyl (C=O) groups excluding carboxylic acids is 1. The molecule has 132 valence electrons. The SMILES string of the molecule is Cc1ccc(OCc2ccccc2)c(CNC(=O)c2ccc(N)cc2)c1. The molecule has 0 heterocycles. The fourth-order valence-corrected chi connectivity index (χ4v) is 2.63. The smallest absolute Gasteiger partial charge is 0.251 e. The zero-order valence-electron chi connectivity index (χ0n) is 14.7. The number of amides is 1. The van der Waals surface area contributed by atoms with Crippen molar-refractivity contribution < 1.29 is 9.53 Å². The van der Waals surface area contributed by atoms with Crippen molar-refractivity contribution in [3.8, 4) is 5.75 Å². The number of aryl methyl sites for hydroxylation is 1. The summed E-state index contributed by atoms with van der Waals surface area (Å²) >= 11 is 0. The molecule has 0 bridgehead atoms. The number of ether oxygens (including phenoxy) is 1. The Kier molecular flexibility index (Phi) is 5.54. The summed E-state index contributed by atoms with van der Waals surface area (Å²) in [5.74, 6) is 0.637. The maximum absolute atomic E-state index is 12.3. The molecule has 0 saturated carbocycles. The number of hydrogen-bond acceptors (Lipinski definition) is 3. The van der Waals surface area contributed by atoms with Gasteiger partial charge in [0, 0.05) is 23.4 Å². The van der Waals surface area contributed by atoms with Crippen LogP contribution in [0.4, 0.5) is 5.69 Å². The van der Waals surface area contributed by atoms with Crippen LogP contribution in [0.25, 0.3) is 0 Å². The molecule has 0 radical (unpaired) electrons. The normalized spacial score (nSPS) is 10.3. The van der Waals surface area contributed by atoms with Gasteiger partial charge >= 0.3 is 0 Å². The van der Waals surface area contributed by atoms with Crippen LogP contribution in [0.15, 0.2) is 72.8 Å². The van der Waals surface area contributed by atoms with E-state index < -0.39 is 0 Å². The Bertz CT molecular complexity index is 874. The van der Waals surface area contributed by atoms with E-state index in [-0.39, 0.29) is 5.91 Å². The van der Waals surface area contributed by atoms with Gasteiger partial charge in [0.1, 0.15) is 12.4 Å². The zero-order chi connectivity index (χ0) is 18.4. The van der Waals surface area contributed by atoms with Crippen LogP contribution in [0.1, 0.15) is 27.0 Å². The predicted molar refractivity (Wildman–Crippen MR) is 104 cm³/mol. The lowest BCUT2D eigenvalue weighted by atomic mass is 10.1. The largest absolute Gasteiger partial charge is 0.489 e. The monoisotopic (exact) mass is 346 g/mol. The minimum atomic E-state index is -0.138. The molecular formula is C22H22N2O2. The number of hydrogen-bond donors (Lipinski definition) is 2. The molecular weight excluding hydrogens is 324 g/mol. The average molecular weight is 346 g/mol. The third kappa shape index (κ3) is 4.63. The molecule has 0 aliphatic carbocycles. The molecule has 0 aromatic heterocycles. The van der Waals surface area contributed by atoms with E-state index in [4.69, 9.17) is 10.5 Å². The van der Waals surface area contributed by atoms with Gasteiger partial charge in [-0.1, -0.05) is 48.0 Å². The molecule has 0 spiro atoms. The van der Waals surface area contributed by atoms with Crippen molar-refractivity contribution in [1.29, 1.82) is 0 Å². The molecule has 0 saturated heterocycles. The third-order valence-electron chi connectivity index (χ3n) is 4.07. The van der Waals surface area contributed by atoms with Crippen LogP contribution >= 0.6 is 0 Å². The number of nitrogens with one attached hydrogen (secondary N) is 1. The highest BCUT2D eigenvalue weighted by atomic mass is 16.5. The summed E-state index contributed by atoms with van der Waals surface area (Å²) in [7, 11) is 0. The van der Waals surface area contributed by atoms with E-state index in [1.54, 1.807) is 24.3 Å². The summed E-state index contributed by atoms with van der Waals surface area (Å²) in [4.78, 5) is 12.3. The topological polar surface area (TPSA) is 64.3 Å². The summed E-state index contributed by atoms with van der Waals surface area (Å²) in [6.07, 6.45) is 0. The standard InChI is InChI=1S/C22H22N2O2/c1-16-7-12-21(26-15-17-5-3-2-4-6-17)19(13-16)14-24-22(25)18-8-10-20(23)11-9-18/h2-13H,14-15,23H2,1H3,(H,24,25). The first-order valence-corrected chi connectivity index (χ1v) is 8.52. The van der Waals surface area contributed by atoms with Gasteiger partial charge in [0.05, 0.1) is 0 Å². The molecule has 3 aromatic rings. The van der Waals surface area contributed by atoms with E-state index in [0.29, 0.717) is 24.4 Å². The number of anilines is 1. The number of rotatable bonds is 6. The number of nitrogen functional groups attached to an aromatic ring is 1. The summed E-state index contributed by atoms with van der Waals surface area (Å²) in [5, 5.41) is 2.94. The van der Waals surface area contributed by atoms with Crippen LogP contribution in [-0.4, -0.2) is 5.91 Å². The van der Waals surface area contributed by atoms with Crippen LogP contribution in [0.5, 0.6) is 5.75 Å². The van der Waals surface area contributed by atoms with Gasteiger partial charge in [0.15, 0.2) is 0 Å². The molecule has 4 nitrogen and oxygen atoms in total. The van der Waals surface area contributed by atoms with Gasteiger partial charge < -0.3 is 15.8 Å². The molecule has 0 aliphatic heterocycles. The lowest BCUT2D eigenvalue weighted by molar-refractivity contribution is 0.0950. The van der Waals surface area contributed by atoms with E-state index >= 15 is 0 Å². The second-order valence-electron chi connectivity index (χ2n) is 6.19. The van der Waals surface area contributed by atoms with Crippen molar-refractivity contribution >= 4 is 11.6 Å². The number of nitrogens with two attached hydrogens (primary N) is 1. The second kappa shape index (κ2) is 8.21. The molecule has 4 heteroatoms. The van der Waals surface area contributed by atoms with Crippen molar-refractivity contribution in [3.05, 3.63) is 95.1 Å². The molecule has 3 rings (SSSR count). The Morgan fingerprint density at radius 3 is 2.46 bits per heavy atom. The van der Waals surface area contributed by atoms with Crippen molar-refractivity contribution in [2.24, 2.45) is 0 Å². The maximum Gasteiger partial charge on any atom is 0.251 e. The van der Waals surface area contributed by atoms with Gasteiger partial charge in [-0.15, -0.1) is 0 Å².